The Balaban J connectivity index is 2.39. The van der Waals surface area contributed by atoms with E-state index in [1.165, 1.54) is 173 Å². The monoisotopic (exact) mass is 737 g/mol. The molecule has 0 bridgehead atoms. The van der Waals surface area contributed by atoms with E-state index < -0.39 is 7.82 Å². The molecule has 0 fully saturated rings. The summed E-state index contributed by atoms with van der Waals surface area (Å²) in [5.74, 6) is 0.647. The summed E-state index contributed by atoms with van der Waals surface area (Å²) in [6.07, 6.45) is 38.6. The molecular formula is C45H87NO4P+. The van der Waals surface area contributed by atoms with E-state index in [0.717, 1.165) is 41.4 Å². The van der Waals surface area contributed by atoms with E-state index in [-0.39, 0.29) is 0 Å². The van der Waals surface area contributed by atoms with Gasteiger partial charge in [-0.25, -0.2) is 4.57 Å². The topological polar surface area (TPSA) is 44.8 Å². The molecule has 0 saturated heterocycles. The maximum absolute atomic E-state index is 13.9. The van der Waals surface area contributed by atoms with Crippen LogP contribution in [0.25, 0.3) is 0 Å². The molecule has 51 heavy (non-hydrogen) atoms. The van der Waals surface area contributed by atoms with Crippen LogP contribution in [0.4, 0.5) is 0 Å². The first kappa shape index (κ1) is 48.1. The highest BCUT2D eigenvalue weighted by Crippen LogP contribution is 2.51. The highest BCUT2D eigenvalue weighted by atomic mass is 31.2. The summed E-state index contributed by atoms with van der Waals surface area (Å²) in [5.41, 5.74) is 3.34. The summed E-state index contributed by atoms with van der Waals surface area (Å²) in [5, 5.41) is 0. The lowest BCUT2D eigenvalue weighted by Crippen LogP contribution is -2.37. The number of quaternary nitrogens is 1. The van der Waals surface area contributed by atoms with Gasteiger partial charge < -0.3 is 9.01 Å². The summed E-state index contributed by atoms with van der Waals surface area (Å²) in [7, 11) is 2.58. The molecule has 0 radical (unpaired) electrons. The average molecular weight is 737 g/mol. The van der Waals surface area contributed by atoms with Crippen molar-refractivity contribution >= 4 is 7.82 Å². The quantitative estimate of drug-likeness (QED) is 0.0388. The first-order valence-electron chi connectivity index (χ1n) is 22.1. The van der Waals surface area contributed by atoms with Gasteiger partial charge in [-0.1, -0.05) is 193 Å². The van der Waals surface area contributed by atoms with Gasteiger partial charge in [-0.3, -0.25) is 9.05 Å². The molecule has 0 aromatic heterocycles. The van der Waals surface area contributed by atoms with Gasteiger partial charge in [0.2, 0.25) is 0 Å². The zero-order valence-corrected chi connectivity index (χ0v) is 36.2. The van der Waals surface area contributed by atoms with Crippen LogP contribution in [-0.2, 0) is 20.0 Å². The number of nitrogens with zero attached hydrogens (tertiary/aromatic N) is 1. The van der Waals surface area contributed by atoms with E-state index in [1.807, 2.05) is 0 Å². The van der Waals surface area contributed by atoms with Crippen LogP contribution in [0.3, 0.4) is 0 Å². The normalized spacial score (nSPS) is 13.2. The molecule has 0 aliphatic carbocycles. The lowest BCUT2D eigenvalue weighted by Gasteiger charge is -2.25. The first-order chi connectivity index (χ1) is 24.6. The number of phosphoric acid groups is 1. The van der Waals surface area contributed by atoms with Gasteiger partial charge in [0.1, 0.15) is 18.9 Å². The molecule has 5 nitrogen and oxygen atoms in total. The van der Waals surface area contributed by atoms with Crippen molar-refractivity contribution < 1.29 is 22.6 Å². The van der Waals surface area contributed by atoms with E-state index in [1.54, 1.807) is 0 Å². The van der Waals surface area contributed by atoms with E-state index in [4.69, 9.17) is 13.6 Å². The molecule has 0 N–H and O–H groups in total. The minimum Gasteiger partial charge on any atom is -0.403 e. The van der Waals surface area contributed by atoms with Crippen molar-refractivity contribution in [2.75, 3.05) is 40.9 Å². The number of aryl methyl sites for hydroxylation is 3. The number of likely N-dealkylation sites (N-methyl/N-ethyl adjacent to an activating group) is 1. The van der Waals surface area contributed by atoms with Gasteiger partial charge in [0, 0.05) is 0 Å². The van der Waals surface area contributed by atoms with Crippen LogP contribution in [0, 0.1) is 13.8 Å². The molecule has 0 aliphatic rings. The first-order valence-corrected chi connectivity index (χ1v) is 23.6. The van der Waals surface area contributed by atoms with E-state index >= 15 is 0 Å². The Morgan fingerprint density at radius 3 is 1.20 bits per heavy atom. The lowest BCUT2D eigenvalue weighted by atomic mass is 10.00. The minimum absolute atomic E-state index is 0.328. The number of hydrogen-bond acceptors (Lipinski definition) is 4. The second kappa shape index (κ2) is 31.5. The Labute approximate surface area is 319 Å². The standard InChI is InChI=1S/C45H87NO4P/c1-8-10-12-14-16-18-20-22-24-26-28-30-32-34-36-44-40-42(3)45(43(4)41-44)50-51(47,49-39-37-46(5,6)7)48-38-35-33-31-29-27-25-23-21-19-17-15-13-11-9-2/h40-41H,8-39H2,1-7H3/q+1. The van der Waals surface area contributed by atoms with Crippen LogP contribution < -0.4 is 4.52 Å². The average Bonchev–Trinajstić information content (AvgIpc) is 3.08. The Morgan fingerprint density at radius 2 is 0.824 bits per heavy atom. The third-order valence-corrected chi connectivity index (χ3v) is 11.7. The molecule has 0 spiro atoms. The predicted molar refractivity (Wildman–Crippen MR) is 223 cm³/mol. The summed E-state index contributed by atoms with van der Waals surface area (Å²) in [6, 6.07) is 4.41. The number of rotatable bonds is 37. The number of unbranched alkanes of at least 4 members (excludes halogenated alkanes) is 26. The summed E-state index contributed by atoms with van der Waals surface area (Å²) in [6.45, 7) is 10.1. The molecule has 0 heterocycles. The van der Waals surface area contributed by atoms with Crippen LogP contribution in [0.5, 0.6) is 5.75 Å². The highest BCUT2D eigenvalue weighted by Gasteiger charge is 2.31. The number of phosphoric ester groups is 1. The van der Waals surface area contributed by atoms with Crippen LogP contribution in [0.1, 0.15) is 210 Å². The van der Waals surface area contributed by atoms with Crippen molar-refractivity contribution in [3.05, 3.63) is 28.8 Å². The predicted octanol–water partition coefficient (Wildman–Crippen LogP) is 15.0. The van der Waals surface area contributed by atoms with Crippen molar-refractivity contribution in [3.8, 4) is 5.75 Å². The summed E-state index contributed by atoms with van der Waals surface area (Å²) >= 11 is 0. The maximum atomic E-state index is 13.9. The molecule has 1 atom stereocenters. The van der Waals surface area contributed by atoms with Gasteiger partial charge >= 0.3 is 7.82 Å². The van der Waals surface area contributed by atoms with Gasteiger partial charge in [0.25, 0.3) is 0 Å². The van der Waals surface area contributed by atoms with Gasteiger partial charge in [-0.05, 0) is 49.8 Å². The molecule has 0 aliphatic heterocycles. The summed E-state index contributed by atoms with van der Waals surface area (Å²) < 4.78 is 32.7. The Kier molecular flexibility index (Phi) is 29.7. The van der Waals surface area contributed by atoms with Crippen molar-refractivity contribution in [2.45, 2.75) is 214 Å². The van der Waals surface area contributed by atoms with Crippen molar-refractivity contribution in [1.82, 2.24) is 0 Å². The zero-order valence-electron chi connectivity index (χ0n) is 35.3. The molecule has 1 rings (SSSR count). The van der Waals surface area contributed by atoms with Crippen LogP contribution in [0.2, 0.25) is 0 Å². The third-order valence-electron chi connectivity index (χ3n) is 10.3. The molecule has 1 aromatic carbocycles. The molecule has 1 unspecified atom stereocenters. The zero-order chi connectivity index (χ0) is 37.5. The van der Waals surface area contributed by atoms with E-state index in [9.17, 15) is 4.57 Å². The molecular weight excluding hydrogens is 649 g/mol. The van der Waals surface area contributed by atoms with Crippen LogP contribution >= 0.6 is 7.82 Å². The molecule has 0 saturated carbocycles. The van der Waals surface area contributed by atoms with Gasteiger partial charge in [-0.2, -0.15) is 0 Å². The van der Waals surface area contributed by atoms with Crippen molar-refractivity contribution in [2.24, 2.45) is 0 Å². The fraction of sp³-hybridized carbons (Fsp3) is 0.867. The fourth-order valence-electron chi connectivity index (χ4n) is 6.95. The minimum atomic E-state index is -3.75. The Bertz CT molecular complexity index is 968. The van der Waals surface area contributed by atoms with Crippen LogP contribution in [0.15, 0.2) is 12.1 Å². The van der Waals surface area contributed by atoms with Gasteiger partial charge in [-0.15, -0.1) is 0 Å². The van der Waals surface area contributed by atoms with Crippen LogP contribution in [-0.4, -0.2) is 45.4 Å². The summed E-state index contributed by atoms with van der Waals surface area (Å²) in [4.78, 5) is 0. The van der Waals surface area contributed by atoms with E-state index in [2.05, 4.69) is 61.0 Å². The largest absolute Gasteiger partial charge is 0.530 e. The number of benzene rings is 1. The van der Waals surface area contributed by atoms with Gasteiger partial charge in [0.15, 0.2) is 0 Å². The third kappa shape index (κ3) is 28.3. The maximum Gasteiger partial charge on any atom is 0.530 e. The fourth-order valence-corrected chi connectivity index (χ4v) is 8.30. The molecule has 6 heteroatoms. The Hall–Kier alpha value is -0.870. The van der Waals surface area contributed by atoms with Gasteiger partial charge in [0.05, 0.1) is 27.7 Å². The molecule has 1 aromatic rings. The highest BCUT2D eigenvalue weighted by molar-refractivity contribution is 7.48. The molecule has 0 amide bonds. The lowest BCUT2D eigenvalue weighted by molar-refractivity contribution is -0.870. The van der Waals surface area contributed by atoms with E-state index in [0.29, 0.717) is 19.0 Å². The number of hydrogen-bond donors (Lipinski definition) is 0. The van der Waals surface area contributed by atoms with Crippen molar-refractivity contribution in [1.29, 1.82) is 0 Å². The second-order valence-electron chi connectivity index (χ2n) is 16.7. The smallest absolute Gasteiger partial charge is 0.403 e. The SMILES string of the molecule is CCCCCCCCCCCCCCCCOP(=O)(OCC[N+](C)(C)C)Oc1c(C)cc(CCCCCCCCCCCCCCCC)cc1C. The van der Waals surface area contributed by atoms with Crippen molar-refractivity contribution in [3.63, 3.8) is 0 Å². The Morgan fingerprint density at radius 1 is 0.490 bits per heavy atom. The second-order valence-corrected chi connectivity index (χ2v) is 18.3. The molecule has 300 valence electrons.